The van der Waals surface area contributed by atoms with Crippen molar-refractivity contribution in [3.05, 3.63) is 84.7 Å². The molecular formula is C27H27N5O2. The third-order valence-corrected chi connectivity index (χ3v) is 5.97. The number of benzene rings is 2. The number of rotatable bonds is 7. The van der Waals surface area contributed by atoms with Gasteiger partial charge >= 0.3 is 0 Å². The van der Waals surface area contributed by atoms with Gasteiger partial charge in [0.2, 0.25) is 0 Å². The molecule has 0 saturated carbocycles. The number of anilines is 2. The number of imidazole rings is 2. The van der Waals surface area contributed by atoms with Gasteiger partial charge in [-0.05, 0) is 49.7 Å². The molecule has 0 spiro atoms. The van der Waals surface area contributed by atoms with Crippen LogP contribution in [0.5, 0.6) is 11.5 Å². The Morgan fingerprint density at radius 2 is 1.88 bits per heavy atom. The van der Waals surface area contributed by atoms with Gasteiger partial charge in [-0.3, -0.25) is 0 Å². The summed E-state index contributed by atoms with van der Waals surface area (Å²) in [6.07, 6.45) is 6.76. The first-order valence-electron chi connectivity index (χ1n) is 11.2. The maximum atomic E-state index is 5.69. The Balaban J connectivity index is 1.51. The van der Waals surface area contributed by atoms with Gasteiger partial charge in [0.25, 0.3) is 0 Å². The van der Waals surface area contributed by atoms with Gasteiger partial charge in [0, 0.05) is 35.4 Å². The van der Waals surface area contributed by atoms with Crippen LogP contribution in [0.15, 0.2) is 73.3 Å². The van der Waals surface area contributed by atoms with Crippen LogP contribution < -0.4 is 14.8 Å². The molecule has 0 saturated heterocycles. The van der Waals surface area contributed by atoms with Gasteiger partial charge in [-0.25, -0.2) is 9.97 Å². The molecule has 1 N–H and O–H groups in total. The fourth-order valence-corrected chi connectivity index (χ4v) is 4.13. The lowest BCUT2D eigenvalue weighted by atomic mass is 10.1. The zero-order valence-electron chi connectivity index (χ0n) is 19.7. The minimum absolute atomic E-state index is 0.758. The molecule has 0 unspecified atom stereocenters. The Hall–Kier alpha value is -4.26. The van der Waals surface area contributed by atoms with Crippen LogP contribution in [0.25, 0.3) is 22.6 Å². The van der Waals surface area contributed by atoms with Crippen molar-refractivity contribution >= 4 is 17.0 Å². The van der Waals surface area contributed by atoms with E-state index < -0.39 is 0 Å². The summed E-state index contributed by atoms with van der Waals surface area (Å²) in [6, 6.07) is 18.1. The molecule has 3 aromatic heterocycles. The lowest BCUT2D eigenvalue weighted by molar-refractivity contribution is 0.413. The minimum atomic E-state index is 0.758. The predicted octanol–water partition coefficient (Wildman–Crippen LogP) is 5.82. The van der Waals surface area contributed by atoms with E-state index in [0.29, 0.717) is 0 Å². The second-order valence-corrected chi connectivity index (χ2v) is 8.03. The summed E-state index contributed by atoms with van der Waals surface area (Å²) >= 11 is 0. The van der Waals surface area contributed by atoms with E-state index in [4.69, 9.17) is 14.5 Å². The van der Waals surface area contributed by atoms with E-state index in [-0.39, 0.29) is 0 Å². The maximum absolute atomic E-state index is 5.69. The number of pyridine rings is 1. The van der Waals surface area contributed by atoms with Gasteiger partial charge in [-0.15, -0.1) is 0 Å². The van der Waals surface area contributed by atoms with Crippen LogP contribution in [0.4, 0.5) is 11.4 Å². The number of fused-ring (bicyclic) bond motifs is 1. The summed E-state index contributed by atoms with van der Waals surface area (Å²) in [7, 11) is 3.35. The average molecular weight is 454 g/mol. The lowest BCUT2D eigenvalue weighted by Crippen LogP contribution is -1.99. The van der Waals surface area contributed by atoms with Crippen LogP contribution in [0.3, 0.4) is 0 Å². The summed E-state index contributed by atoms with van der Waals surface area (Å²) < 4.78 is 15.2. The van der Waals surface area contributed by atoms with Crippen LogP contribution in [0.2, 0.25) is 0 Å². The van der Waals surface area contributed by atoms with Gasteiger partial charge in [0.05, 0.1) is 43.3 Å². The first-order chi connectivity index (χ1) is 16.6. The Labute approximate surface area is 198 Å². The van der Waals surface area contributed by atoms with E-state index in [1.54, 1.807) is 14.2 Å². The standard InChI is InChI=1S/C27H27N5O2/c1-5-20-16-31(17-28-20)24-12-11-21(15-25(24)34-4)29-23-10-7-13-32-18(2)26(30-27(23)32)19-8-6-9-22(14-19)33-3/h6-17,29H,5H2,1-4H3. The van der Waals surface area contributed by atoms with Crippen molar-refractivity contribution in [1.82, 2.24) is 18.9 Å². The number of hydrogen-bond acceptors (Lipinski definition) is 5. The average Bonchev–Trinajstić information content (AvgIpc) is 3.49. The number of aromatic nitrogens is 4. The van der Waals surface area contributed by atoms with E-state index in [9.17, 15) is 0 Å². The summed E-state index contributed by atoms with van der Waals surface area (Å²) in [4.78, 5) is 9.41. The highest BCUT2D eigenvalue weighted by atomic mass is 16.5. The smallest absolute Gasteiger partial charge is 0.161 e. The van der Waals surface area contributed by atoms with Crippen LogP contribution >= 0.6 is 0 Å². The molecule has 0 aliphatic heterocycles. The molecule has 172 valence electrons. The summed E-state index contributed by atoms with van der Waals surface area (Å²) in [5, 5.41) is 3.52. The van der Waals surface area contributed by atoms with Crippen LogP contribution in [0.1, 0.15) is 18.3 Å². The van der Waals surface area contributed by atoms with E-state index in [2.05, 4.69) is 28.5 Å². The van der Waals surface area contributed by atoms with Gasteiger partial charge in [-0.1, -0.05) is 19.1 Å². The van der Waals surface area contributed by atoms with Gasteiger partial charge in [-0.2, -0.15) is 0 Å². The normalized spacial score (nSPS) is 11.1. The quantitative estimate of drug-likeness (QED) is 0.336. The molecule has 2 aromatic carbocycles. The number of ether oxygens (including phenoxy) is 2. The maximum Gasteiger partial charge on any atom is 0.161 e. The Kier molecular flexibility index (Phi) is 5.67. The van der Waals surface area contributed by atoms with Crippen molar-refractivity contribution in [1.29, 1.82) is 0 Å². The van der Waals surface area contributed by atoms with Crippen molar-refractivity contribution < 1.29 is 9.47 Å². The second-order valence-electron chi connectivity index (χ2n) is 8.03. The molecule has 0 fully saturated rings. The number of hydrogen-bond donors (Lipinski definition) is 1. The van der Waals surface area contributed by atoms with Gasteiger partial charge in [0.15, 0.2) is 5.65 Å². The molecule has 0 aliphatic rings. The topological polar surface area (TPSA) is 65.6 Å². The summed E-state index contributed by atoms with van der Waals surface area (Å²) in [5.74, 6) is 1.57. The zero-order chi connectivity index (χ0) is 23.7. The number of nitrogens with zero attached hydrogens (tertiary/aromatic N) is 4. The molecular weight excluding hydrogens is 426 g/mol. The Bertz CT molecular complexity index is 1470. The highest BCUT2D eigenvalue weighted by Crippen LogP contribution is 2.32. The van der Waals surface area contributed by atoms with Crippen LogP contribution in [0, 0.1) is 6.92 Å². The molecule has 0 amide bonds. The molecule has 0 aliphatic carbocycles. The Morgan fingerprint density at radius 3 is 2.65 bits per heavy atom. The third kappa shape index (κ3) is 3.85. The van der Waals surface area contributed by atoms with Crippen molar-refractivity contribution in [2.75, 3.05) is 19.5 Å². The molecule has 0 radical (unpaired) electrons. The fourth-order valence-electron chi connectivity index (χ4n) is 4.13. The predicted molar refractivity (Wildman–Crippen MR) is 135 cm³/mol. The largest absolute Gasteiger partial charge is 0.497 e. The van der Waals surface area contributed by atoms with Crippen molar-refractivity contribution in [3.8, 4) is 28.4 Å². The van der Waals surface area contributed by atoms with Crippen LogP contribution in [-0.2, 0) is 6.42 Å². The fraction of sp³-hybridized carbons (Fsp3) is 0.185. The second kappa shape index (κ2) is 8.94. The number of nitrogens with one attached hydrogen (secondary N) is 1. The number of methoxy groups -OCH3 is 2. The monoisotopic (exact) mass is 453 g/mol. The molecule has 0 bridgehead atoms. The van der Waals surface area contributed by atoms with E-state index in [1.807, 2.05) is 77.9 Å². The molecule has 7 heteroatoms. The summed E-state index contributed by atoms with van der Waals surface area (Å²) in [6.45, 7) is 4.17. The summed E-state index contributed by atoms with van der Waals surface area (Å²) in [5.41, 5.74) is 7.65. The molecule has 5 rings (SSSR count). The molecule has 0 atom stereocenters. The Morgan fingerprint density at radius 1 is 1.00 bits per heavy atom. The molecule has 7 nitrogen and oxygen atoms in total. The number of aryl methyl sites for hydroxylation is 2. The van der Waals surface area contributed by atoms with Gasteiger partial charge < -0.3 is 23.8 Å². The van der Waals surface area contributed by atoms with Gasteiger partial charge in [0.1, 0.15) is 11.5 Å². The molecule has 5 aromatic rings. The first kappa shape index (κ1) is 21.6. The highest BCUT2D eigenvalue weighted by molar-refractivity contribution is 5.79. The third-order valence-electron chi connectivity index (χ3n) is 5.97. The van der Waals surface area contributed by atoms with Crippen molar-refractivity contribution in [3.63, 3.8) is 0 Å². The SMILES string of the molecule is CCc1cn(-c2ccc(Nc3cccn4c(C)c(-c5cccc(OC)c5)nc34)cc2OC)cn1. The zero-order valence-corrected chi connectivity index (χ0v) is 19.7. The highest BCUT2D eigenvalue weighted by Gasteiger charge is 2.15. The lowest BCUT2D eigenvalue weighted by Gasteiger charge is -2.13. The van der Waals surface area contributed by atoms with Crippen LogP contribution in [-0.4, -0.2) is 33.2 Å². The molecule has 3 heterocycles. The van der Waals surface area contributed by atoms with E-state index >= 15 is 0 Å². The van der Waals surface area contributed by atoms with E-state index in [1.165, 1.54) is 0 Å². The minimum Gasteiger partial charge on any atom is -0.497 e. The van der Waals surface area contributed by atoms with Crippen molar-refractivity contribution in [2.24, 2.45) is 0 Å². The van der Waals surface area contributed by atoms with E-state index in [0.717, 1.165) is 63.3 Å². The van der Waals surface area contributed by atoms with Crippen molar-refractivity contribution in [2.45, 2.75) is 20.3 Å². The first-order valence-corrected chi connectivity index (χ1v) is 11.2. The molecule has 34 heavy (non-hydrogen) atoms.